The van der Waals surface area contributed by atoms with Crippen LogP contribution in [0.1, 0.15) is 6.92 Å². The molecular formula is C14H19Cl2N3O4S. The third-order valence-corrected chi connectivity index (χ3v) is 4.49. The Morgan fingerprint density at radius 3 is 2.58 bits per heavy atom. The number of rotatable bonds is 6. The molecule has 24 heavy (non-hydrogen) atoms. The van der Waals surface area contributed by atoms with Gasteiger partial charge in [-0.15, -0.1) is 24.8 Å². The van der Waals surface area contributed by atoms with Gasteiger partial charge in [0.2, 0.25) is 10.0 Å². The van der Waals surface area contributed by atoms with Gasteiger partial charge in [0.15, 0.2) is 0 Å². The molecule has 2 aromatic rings. The molecule has 0 saturated heterocycles. The normalized spacial score (nSPS) is 11.9. The highest BCUT2D eigenvalue weighted by molar-refractivity contribution is 7.89. The molecule has 0 unspecified atom stereocenters. The van der Waals surface area contributed by atoms with Gasteiger partial charge in [0.05, 0.1) is 12.1 Å². The second kappa shape index (κ2) is 9.75. The zero-order valence-corrected chi connectivity index (χ0v) is 15.3. The molecule has 134 valence electrons. The number of carbonyl (C=O) groups is 1. The van der Waals surface area contributed by atoms with Crippen molar-refractivity contribution < 1.29 is 17.9 Å². The number of hydrogen-bond donors (Lipinski definition) is 2. The smallest absolute Gasteiger partial charge is 0.325 e. The second-order valence-corrected chi connectivity index (χ2v) is 6.18. The fourth-order valence-electron chi connectivity index (χ4n) is 1.98. The molecule has 0 aliphatic carbocycles. The van der Waals surface area contributed by atoms with Gasteiger partial charge in [-0.1, -0.05) is 18.2 Å². The largest absolute Gasteiger partial charge is 0.465 e. The molecule has 7 nitrogen and oxygen atoms in total. The Labute approximate surface area is 152 Å². The molecule has 0 fully saturated rings. The topological polar surface area (TPSA) is 111 Å². The van der Waals surface area contributed by atoms with Crippen molar-refractivity contribution >= 4 is 51.7 Å². The summed E-state index contributed by atoms with van der Waals surface area (Å²) in [6.07, 6.45) is 1.51. The number of esters is 1. The van der Waals surface area contributed by atoms with E-state index < -0.39 is 22.0 Å². The van der Waals surface area contributed by atoms with Gasteiger partial charge in [0.25, 0.3) is 0 Å². The first-order chi connectivity index (χ1) is 10.5. The lowest BCUT2D eigenvalue weighted by Crippen LogP contribution is -2.46. The van der Waals surface area contributed by atoms with Crippen LogP contribution in [0.25, 0.3) is 10.9 Å². The standard InChI is InChI=1S/C14H17N3O4S.2ClH/c1-2-21-14(18)11(9-15)17-22(19,20)12-7-3-5-10-6-4-8-16-13(10)12;;/h3-8,11,17H,2,9,15H2,1H3;2*1H/t11-;;/m0../s1. The molecule has 1 heterocycles. The van der Waals surface area contributed by atoms with Gasteiger partial charge >= 0.3 is 5.97 Å². The lowest BCUT2D eigenvalue weighted by Gasteiger charge is -2.16. The number of fused-ring (bicyclic) bond motifs is 1. The number of nitrogens with one attached hydrogen (secondary N) is 1. The Hall–Kier alpha value is -1.45. The zero-order valence-electron chi connectivity index (χ0n) is 12.8. The van der Waals surface area contributed by atoms with Crippen LogP contribution < -0.4 is 10.5 Å². The summed E-state index contributed by atoms with van der Waals surface area (Å²) in [6, 6.07) is 7.13. The van der Waals surface area contributed by atoms with E-state index in [1.54, 1.807) is 31.2 Å². The molecule has 1 aromatic carbocycles. The highest BCUT2D eigenvalue weighted by Gasteiger charge is 2.27. The number of aromatic nitrogens is 1. The van der Waals surface area contributed by atoms with Crippen molar-refractivity contribution in [2.75, 3.05) is 13.2 Å². The highest BCUT2D eigenvalue weighted by Crippen LogP contribution is 2.20. The van der Waals surface area contributed by atoms with Crippen molar-refractivity contribution in [1.82, 2.24) is 9.71 Å². The quantitative estimate of drug-likeness (QED) is 0.711. The fourth-order valence-corrected chi connectivity index (χ4v) is 3.36. The maximum atomic E-state index is 12.5. The van der Waals surface area contributed by atoms with Crippen LogP contribution in [-0.2, 0) is 19.6 Å². The number of nitrogens with zero attached hydrogens (tertiary/aromatic N) is 1. The van der Waals surface area contributed by atoms with E-state index in [2.05, 4.69) is 9.71 Å². The fraction of sp³-hybridized carbons (Fsp3) is 0.286. The van der Waals surface area contributed by atoms with Crippen LogP contribution in [-0.4, -0.2) is 38.6 Å². The number of ether oxygens (including phenoxy) is 1. The lowest BCUT2D eigenvalue weighted by molar-refractivity contribution is -0.144. The summed E-state index contributed by atoms with van der Waals surface area (Å²) in [5, 5.41) is 0.686. The summed E-state index contributed by atoms with van der Waals surface area (Å²) in [4.78, 5) is 15.8. The number of sulfonamides is 1. The Morgan fingerprint density at radius 1 is 1.29 bits per heavy atom. The van der Waals surface area contributed by atoms with Gasteiger partial charge in [0, 0.05) is 18.1 Å². The van der Waals surface area contributed by atoms with Crippen molar-refractivity contribution in [2.24, 2.45) is 5.73 Å². The first kappa shape index (κ1) is 22.6. The van der Waals surface area contributed by atoms with E-state index in [1.165, 1.54) is 12.3 Å². The molecule has 0 aliphatic rings. The van der Waals surface area contributed by atoms with Crippen molar-refractivity contribution in [1.29, 1.82) is 0 Å². The van der Waals surface area contributed by atoms with Crippen molar-refractivity contribution in [3.05, 3.63) is 36.5 Å². The number of carbonyl (C=O) groups excluding carboxylic acids is 1. The highest BCUT2D eigenvalue weighted by atomic mass is 35.5. The lowest BCUT2D eigenvalue weighted by atomic mass is 10.2. The molecule has 0 aliphatic heterocycles. The van der Waals surface area contributed by atoms with Crippen LogP contribution in [0.2, 0.25) is 0 Å². The predicted octanol–water partition coefficient (Wildman–Crippen LogP) is 1.25. The predicted molar refractivity (Wildman–Crippen MR) is 96.0 cm³/mol. The third-order valence-electron chi connectivity index (χ3n) is 2.99. The summed E-state index contributed by atoms with van der Waals surface area (Å²) < 4.78 is 32.1. The molecule has 0 spiro atoms. The van der Waals surface area contributed by atoms with E-state index >= 15 is 0 Å². The maximum absolute atomic E-state index is 12.5. The molecule has 1 aromatic heterocycles. The van der Waals surface area contributed by atoms with E-state index in [0.29, 0.717) is 10.9 Å². The molecule has 0 saturated carbocycles. The second-order valence-electron chi connectivity index (χ2n) is 4.49. The Kier molecular flexibility index (Phi) is 9.16. The number of hydrogen-bond acceptors (Lipinski definition) is 6. The first-order valence-electron chi connectivity index (χ1n) is 6.72. The number of nitrogens with two attached hydrogens (primary N) is 1. The summed E-state index contributed by atoms with van der Waals surface area (Å²) in [6.45, 7) is 1.58. The van der Waals surface area contributed by atoms with Crippen molar-refractivity contribution in [2.45, 2.75) is 17.9 Å². The summed E-state index contributed by atoms with van der Waals surface area (Å²) in [7, 11) is -3.95. The van der Waals surface area contributed by atoms with Crippen LogP contribution in [0, 0.1) is 0 Å². The van der Waals surface area contributed by atoms with E-state index in [4.69, 9.17) is 10.5 Å². The van der Waals surface area contributed by atoms with E-state index in [0.717, 1.165) is 0 Å². The van der Waals surface area contributed by atoms with Gasteiger partial charge in [-0.2, -0.15) is 4.72 Å². The molecular weight excluding hydrogens is 377 g/mol. The SMILES string of the molecule is CCOC(=O)[C@H](CN)NS(=O)(=O)c1cccc2cccnc12.Cl.Cl. The Morgan fingerprint density at radius 2 is 1.96 bits per heavy atom. The number of pyridine rings is 1. The van der Waals surface area contributed by atoms with Crippen molar-refractivity contribution in [3.8, 4) is 0 Å². The minimum atomic E-state index is -3.95. The molecule has 0 radical (unpaired) electrons. The van der Waals surface area contributed by atoms with E-state index in [1.807, 2.05) is 0 Å². The Bertz CT molecular complexity index is 781. The number of benzene rings is 1. The summed E-state index contributed by atoms with van der Waals surface area (Å²) in [5.74, 6) is -0.707. The van der Waals surface area contributed by atoms with E-state index in [-0.39, 0.29) is 42.9 Å². The average Bonchev–Trinajstić information content (AvgIpc) is 2.52. The van der Waals surface area contributed by atoms with Crippen molar-refractivity contribution in [3.63, 3.8) is 0 Å². The summed E-state index contributed by atoms with van der Waals surface area (Å²) >= 11 is 0. The Balaban J connectivity index is 0.00000264. The number of para-hydroxylation sites is 1. The third kappa shape index (κ3) is 5.02. The zero-order chi connectivity index (χ0) is 16.2. The van der Waals surface area contributed by atoms with Gasteiger partial charge in [-0.25, -0.2) is 8.42 Å². The molecule has 0 bridgehead atoms. The van der Waals surface area contributed by atoms with Crippen LogP contribution in [0.5, 0.6) is 0 Å². The van der Waals surface area contributed by atoms with Crippen LogP contribution in [0.15, 0.2) is 41.4 Å². The monoisotopic (exact) mass is 395 g/mol. The minimum Gasteiger partial charge on any atom is -0.465 e. The molecule has 0 amide bonds. The molecule has 10 heteroatoms. The number of halogens is 2. The molecule has 2 rings (SSSR count). The molecule has 3 N–H and O–H groups in total. The molecule has 1 atom stereocenters. The van der Waals surface area contributed by atoms with Crippen LogP contribution in [0.4, 0.5) is 0 Å². The minimum absolute atomic E-state index is 0. The maximum Gasteiger partial charge on any atom is 0.325 e. The average molecular weight is 396 g/mol. The van der Waals surface area contributed by atoms with Gasteiger partial charge < -0.3 is 10.5 Å². The van der Waals surface area contributed by atoms with Crippen LogP contribution in [0.3, 0.4) is 0 Å². The summed E-state index contributed by atoms with van der Waals surface area (Å²) in [5.41, 5.74) is 5.79. The van der Waals surface area contributed by atoms with Crippen LogP contribution >= 0.6 is 24.8 Å². The van der Waals surface area contributed by atoms with Gasteiger partial charge in [0.1, 0.15) is 10.9 Å². The van der Waals surface area contributed by atoms with Gasteiger partial charge in [-0.05, 0) is 19.1 Å². The first-order valence-corrected chi connectivity index (χ1v) is 8.20. The van der Waals surface area contributed by atoms with Gasteiger partial charge in [-0.3, -0.25) is 9.78 Å². The van der Waals surface area contributed by atoms with E-state index in [9.17, 15) is 13.2 Å².